The van der Waals surface area contributed by atoms with E-state index in [1.165, 1.54) is 11.8 Å². The zero-order valence-corrected chi connectivity index (χ0v) is 23.2. The highest BCUT2D eigenvalue weighted by Crippen LogP contribution is 2.20. The number of carbonyl (C=O) groups excluding carboxylic acids is 4. The molecule has 2 rings (SSSR count). The van der Waals surface area contributed by atoms with Crippen molar-refractivity contribution >= 4 is 41.5 Å². The summed E-state index contributed by atoms with van der Waals surface area (Å²) in [7, 11) is 0. The van der Waals surface area contributed by atoms with E-state index in [0.29, 0.717) is 6.42 Å². The Bertz CT molecular complexity index is 1160. The van der Waals surface area contributed by atoms with Crippen LogP contribution in [0, 0.1) is 0 Å². The summed E-state index contributed by atoms with van der Waals surface area (Å²) in [6.45, 7) is 1.43. The largest absolute Gasteiger partial charge is 0.481 e. The van der Waals surface area contributed by atoms with Crippen LogP contribution in [-0.4, -0.2) is 98.5 Å². The predicted octanol–water partition coefficient (Wildman–Crippen LogP) is -1.16. The minimum absolute atomic E-state index is 0.244. The van der Waals surface area contributed by atoms with Crippen LogP contribution in [0.3, 0.4) is 0 Å². The number of carboxylic acid groups (broad SMARTS) is 3. The van der Waals surface area contributed by atoms with Gasteiger partial charge in [0.25, 0.3) is 0 Å². The van der Waals surface area contributed by atoms with Crippen LogP contribution in [0.15, 0.2) is 30.3 Å². The molecule has 15 heteroatoms. The van der Waals surface area contributed by atoms with Gasteiger partial charge in [0.1, 0.15) is 24.2 Å². The van der Waals surface area contributed by atoms with Gasteiger partial charge in [0, 0.05) is 19.4 Å². The molecule has 1 aromatic rings. The van der Waals surface area contributed by atoms with Crippen molar-refractivity contribution < 1.29 is 48.9 Å². The van der Waals surface area contributed by atoms with E-state index in [1.54, 1.807) is 0 Å². The van der Waals surface area contributed by atoms with E-state index in [4.69, 9.17) is 21.1 Å². The van der Waals surface area contributed by atoms with Gasteiger partial charge < -0.3 is 41.9 Å². The zero-order chi connectivity index (χ0) is 31.4. The highest BCUT2D eigenvalue weighted by atomic mass is 16.4. The molecule has 4 amide bonds. The van der Waals surface area contributed by atoms with Crippen LogP contribution in [0.4, 0.5) is 0 Å². The van der Waals surface area contributed by atoms with Crippen LogP contribution < -0.4 is 21.7 Å². The molecule has 42 heavy (non-hydrogen) atoms. The topological polar surface area (TPSA) is 246 Å². The lowest BCUT2D eigenvalue weighted by Gasteiger charge is -2.29. The van der Waals surface area contributed by atoms with Crippen molar-refractivity contribution in [2.75, 3.05) is 6.54 Å². The fraction of sp³-hybridized carbons (Fsp3) is 0.519. The molecule has 15 nitrogen and oxygen atoms in total. The van der Waals surface area contributed by atoms with Crippen molar-refractivity contribution in [2.24, 2.45) is 5.73 Å². The third kappa shape index (κ3) is 10.5. The Morgan fingerprint density at radius 2 is 1.43 bits per heavy atom. The average molecular weight is 592 g/mol. The maximum atomic E-state index is 13.3. The van der Waals surface area contributed by atoms with Gasteiger partial charge in [-0.15, -0.1) is 0 Å². The van der Waals surface area contributed by atoms with E-state index in [1.807, 2.05) is 30.3 Å². The molecule has 0 radical (unpaired) electrons. The van der Waals surface area contributed by atoms with Gasteiger partial charge in [-0.1, -0.05) is 30.3 Å². The Labute approximate surface area is 241 Å². The van der Waals surface area contributed by atoms with E-state index < -0.39 is 91.0 Å². The minimum atomic E-state index is -1.49. The fourth-order valence-corrected chi connectivity index (χ4v) is 4.46. The van der Waals surface area contributed by atoms with Crippen molar-refractivity contribution in [1.82, 2.24) is 20.9 Å². The molecule has 230 valence electrons. The molecule has 1 aliphatic heterocycles. The average Bonchev–Trinajstić information content (AvgIpc) is 3.43. The number of benzene rings is 1. The number of carbonyl (C=O) groups is 7. The summed E-state index contributed by atoms with van der Waals surface area (Å²) in [4.78, 5) is 86.9. The molecule has 8 N–H and O–H groups in total. The molecule has 0 aromatic heterocycles. The van der Waals surface area contributed by atoms with Crippen molar-refractivity contribution in [2.45, 2.75) is 82.1 Å². The molecule has 1 aromatic carbocycles. The summed E-state index contributed by atoms with van der Waals surface area (Å²) < 4.78 is 0. The normalized spacial score (nSPS) is 17.3. The van der Waals surface area contributed by atoms with E-state index in [-0.39, 0.29) is 25.8 Å². The summed E-state index contributed by atoms with van der Waals surface area (Å²) in [6, 6.07) is 2.90. The number of aliphatic carboxylic acids is 3. The van der Waals surface area contributed by atoms with E-state index in [2.05, 4.69) is 16.0 Å². The number of nitrogens with one attached hydrogen (secondary N) is 3. The first-order valence-electron chi connectivity index (χ1n) is 13.5. The third-order valence-corrected chi connectivity index (χ3v) is 6.74. The number of amides is 4. The number of hydrogen-bond acceptors (Lipinski definition) is 8. The highest BCUT2D eigenvalue weighted by molar-refractivity contribution is 5.96. The first-order valence-corrected chi connectivity index (χ1v) is 13.5. The van der Waals surface area contributed by atoms with Crippen LogP contribution >= 0.6 is 0 Å². The Morgan fingerprint density at radius 1 is 0.881 bits per heavy atom. The number of rotatable bonds is 16. The number of likely N-dealkylation sites (tertiary alicyclic amines) is 1. The number of carboxylic acids is 3. The Hall–Kier alpha value is -4.53. The lowest BCUT2D eigenvalue weighted by molar-refractivity contribution is -0.143. The number of nitrogens with zero attached hydrogens (tertiary/aromatic N) is 1. The maximum absolute atomic E-state index is 13.3. The lowest BCUT2D eigenvalue weighted by atomic mass is 10.0. The van der Waals surface area contributed by atoms with Crippen molar-refractivity contribution in [1.29, 1.82) is 0 Å². The van der Waals surface area contributed by atoms with Crippen molar-refractivity contribution in [3.8, 4) is 0 Å². The summed E-state index contributed by atoms with van der Waals surface area (Å²) in [5.41, 5.74) is 6.98. The van der Waals surface area contributed by atoms with Crippen LogP contribution in [0.5, 0.6) is 0 Å². The van der Waals surface area contributed by atoms with Gasteiger partial charge >= 0.3 is 17.9 Å². The van der Waals surface area contributed by atoms with Gasteiger partial charge in [0.15, 0.2) is 0 Å². The Morgan fingerprint density at radius 3 is 1.98 bits per heavy atom. The summed E-state index contributed by atoms with van der Waals surface area (Å²) in [6.07, 6.45) is -0.839. The molecule has 1 aliphatic rings. The third-order valence-electron chi connectivity index (χ3n) is 6.74. The second-order valence-electron chi connectivity index (χ2n) is 10.0. The second-order valence-corrected chi connectivity index (χ2v) is 10.0. The van der Waals surface area contributed by atoms with Crippen LogP contribution in [0.25, 0.3) is 0 Å². The SMILES string of the molecule is CC(NC(=O)C(CCC(=O)O)NC(=O)C(CCC(=O)O)NC(=O)C1CCCN1C(=O)C(N)Cc1ccccc1)C(=O)O. The first kappa shape index (κ1) is 33.7. The van der Waals surface area contributed by atoms with Gasteiger partial charge in [-0.3, -0.25) is 33.6 Å². The van der Waals surface area contributed by atoms with E-state index >= 15 is 0 Å². The number of hydrogen-bond donors (Lipinski definition) is 7. The van der Waals surface area contributed by atoms with E-state index in [9.17, 15) is 33.6 Å². The maximum Gasteiger partial charge on any atom is 0.325 e. The number of nitrogens with two attached hydrogens (primary N) is 1. The molecule has 1 saturated heterocycles. The summed E-state index contributed by atoms with van der Waals surface area (Å²) in [5.74, 6) is -7.03. The quantitative estimate of drug-likeness (QED) is 0.121. The molecule has 5 unspecified atom stereocenters. The Balaban J connectivity index is 2.16. The smallest absolute Gasteiger partial charge is 0.325 e. The second kappa shape index (κ2) is 16.0. The van der Waals surface area contributed by atoms with Gasteiger partial charge in [0.2, 0.25) is 23.6 Å². The van der Waals surface area contributed by atoms with Gasteiger partial charge in [0.05, 0.1) is 6.04 Å². The Kier molecular flexibility index (Phi) is 12.9. The molecule has 1 fully saturated rings. The molecule has 5 atom stereocenters. The lowest BCUT2D eigenvalue weighted by Crippen LogP contribution is -2.58. The molecular formula is C27H37N5O10. The molecule has 0 aliphatic carbocycles. The van der Waals surface area contributed by atoms with Crippen LogP contribution in [-0.2, 0) is 40.0 Å². The minimum Gasteiger partial charge on any atom is -0.481 e. The highest BCUT2D eigenvalue weighted by Gasteiger charge is 2.38. The monoisotopic (exact) mass is 591 g/mol. The summed E-state index contributed by atoms with van der Waals surface area (Å²) >= 11 is 0. The predicted molar refractivity (Wildman–Crippen MR) is 146 cm³/mol. The van der Waals surface area contributed by atoms with Crippen molar-refractivity contribution in [3.63, 3.8) is 0 Å². The summed E-state index contributed by atoms with van der Waals surface area (Å²) in [5, 5.41) is 34.2. The van der Waals surface area contributed by atoms with Crippen LogP contribution in [0.1, 0.15) is 51.0 Å². The first-order chi connectivity index (χ1) is 19.8. The molecule has 0 bridgehead atoms. The molecule has 0 saturated carbocycles. The standard InChI is InChI=1S/C27H37N5O10/c1-15(27(41)42)29-23(37)18(9-11-21(33)34)30-24(38)19(10-12-22(35)36)31-25(39)20-8-5-13-32(20)26(40)17(28)14-16-6-3-2-4-7-16/h2-4,6-7,15,17-20H,5,8-14,28H2,1H3,(H,29,37)(H,30,38)(H,31,39)(H,33,34)(H,35,36)(H,41,42). The van der Waals surface area contributed by atoms with Gasteiger partial charge in [-0.2, -0.15) is 0 Å². The van der Waals surface area contributed by atoms with E-state index in [0.717, 1.165) is 5.56 Å². The van der Waals surface area contributed by atoms with Crippen LogP contribution in [0.2, 0.25) is 0 Å². The molecule has 1 heterocycles. The van der Waals surface area contributed by atoms with Gasteiger partial charge in [-0.25, -0.2) is 0 Å². The van der Waals surface area contributed by atoms with Crippen molar-refractivity contribution in [3.05, 3.63) is 35.9 Å². The fourth-order valence-electron chi connectivity index (χ4n) is 4.46. The molecule has 0 spiro atoms. The van der Waals surface area contributed by atoms with Gasteiger partial charge in [-0.05, 0) is 44.6 Å². The zero-order valence-electron chi connectivity index (χ0n) is 23.2. The molecular weight excluding hydrogens is 554 g/mol.